The number of aryl methyl sites for hydroxylation is 2. The number of pyridine rings is 1. The summed E-state index contributed by atoms with van der Waals surface area (Å²) in [4.78, 5) is 29.7. The number of benzene rings is 1. The highest BCUT2D eigenvalue weighted by atomic mass is 16.1. The standard InChI is InChI=1S/C20H27N3O2/c1-3-23-10-4-5-17(23)13-21-19(24)9-7-15-12-16-11-14(2)6-8-18(16)22-20(15)25/h6,8,11-12,17H,3-5,7,9-10,13H2,1-2H3,(H,21,24)(H,22,25)/t17-/m1/s1. The third-order valence-electron chi connectivity index (χ3n) is 5.14. The number of carbonyl (C=O) groups excluding carboxylic acids is 1. The topological polar surface area (TPSA) is 65.2 Å². The fraction of sp³-hybridized carbons (Fsp3) is 0.500. The highest BCUT2D eigenvalue weighted by molar-refractivity contribution is 5.80. The second kappa shape index (κ2) is 7.83. The van der Waals surface area contributed by atoms with Crippen molar-refractivity contribution >= 4 is 16.8 Å². The molecule has 2 aromatic rings. The van der Waals surface area contributed by atoms with Gasteiger partial charge in [0.15, 0.2) is 0 Å². The predicted molar refractivity (Wildman–Crippen MR) is 101 cm³/mol. The van der Waals surface area contributed by atoms with Gasteiger partial charge in [-0.15, -0.1) is 0 Å². The highest BCUT2D eigenvalue weighted by Crippen LogP contribution is 2.16. The van der Waals surface area contributed by atoms with E-state index >= 15 is 0 Å². The number of carbonyl (C=O) groups is 1. The van der Waals surface area contributed by atoms with Crippen LogP contribution in [0, 0.1) is 6.92 Å². The Balaban J connectivity index is 1.57. The van der Waals surface area contributed by atoms with E-state index in [-0.39, 0.29) is 11.5 Å². The zero-order valence-electron chi connectivity index (χ0n) is 15.1. The number of likely N-dealkylation sites (tertiary alicyclic amines) is 1. The van der Waals surface area contributed by atoms with Crippen LogP contribution in [-0.2, 0) is 11.2 Å². The number of nitrogens with one attached hydrogen (secondary N) is 2. The van der Waals surface area contributed by atoms with Crippen molar-refractivity contribution < 1.29 is 4.79 Å². The van der Waals surface area contributed by atoms with Crippen LogP contribution in [0.25, 0.3) is 10.9 Å². The molecule has 134 valence electrons. The molecule has 0 unspecified atom stereocenters. The molecule has 25 heavy (non-hydrogen) atoms. The first-order chi connectivity index (χ1) is 12.1. The Morgan fingerprint density at radius 1 is 1.36 bits per heavy atom. The molecule has 0 spiro atoms. The van der Waals surface area contributed by atoms with Gasteiger partial charge in [0.2, 0.25) is 5.91 Å². The summed E-state index contributed by atoms with van der Waals surface area (Å²) in [6.45, 7) is 7.06. The van der Waals surface area contributed by atoms with Crippen molar-refractivity contribution in [3.8, 4) is 0 Å². The van der Waals surface area contributed by atoms with Crippen LogP contribution in [0.3, 0.4) is 0 Å². The highest BCUT2D eigenvalue weighted by Gasteiger charge is 2.23. The number of nitrogens with zero attached hydrogens (tertiary/aromatic N) is 1. The van der Waals surface area contributed by atoms with Crippen LogP contribution in [0.5, 0.6) is 0 Å². The van der Waals surface area contributed by atoms with Crippen molar-refractivity contribution in [3.63, 3.8) is 0 Å². The maximum atomic E-state index is 12.2. The van der Waals surface area contributed by atoms with Gasteiger partial charge in [0, 0.05) is 30.1 Å². The molecule has 1 saturated heterocycles. The second-order valence-electron chi connectivity index (χ2n) is 6.94. The van der Waals surface area contributed by atoms with Crippen molar-refractivity contribution in [2.75, 3.05) is 19.6 Å². The molecular weight excluding hydrogens is 314 g/mol. The summed E-state index contributed by atoms with van der Waals surface area (Å²) in [5.41, 5.74) is 2.56. The van der Waals surface area contributed by atoms with E-state index < -0.39 is 0 Å². The minimum Gasteiger partial charge on any atom is -0.355 e. The number of aromatic amines is 1. The lowest BCUT2D eigenvalue weighted by molar-refractivity contribution is -0.121. The average molecular weight is 341 g/mol. The van der Waals surface area contributed by atoms with E-state index in [0.29, 0.717) is 31.0 Å². The number of aromatic nitrogens is 1. The van der Waals surface area contributed by atoms with Crippen LogP contribution < -0.4 is 10.9 Å². The summed E-state index contributed by atoms with van der Waals surface area (Å²) >= 11 is 0. The lowest BCUT2D eigenvalue weighted by Crippen LogP contribution is -2.40. The Hall–Kier alpha value is -2.14. The van der Waals surface area contributed by atoms with Crippen LogP contribution in [0.15, 0.2) is 29.1 Å². The van der Waals surface area contributed by atoms with Crippen molar-refractivity contribution in [1.29, 1.82) is 0 Å². The number of H-pyrrole nitrogens is 1. The molecule has 0 saturated carbocycles. The summed E-state index contributed by atoms with van der Waals surface area (Å²) < 4.78 is 0. The van der Waals surface area contributed by atoms with E-state index in [9.17, 15) is 9.59 Å². The van der Waals surface area contributed by atoms with Crippen molar-refractivity contribution in [2.24, 2.45) is 0 Å². The summed E-state index contributed by atoms with van der Waals surface area (Å²) in [5, 5.41) is 4.05. The molecule has 1 aliphatic heterocycles. The molecule has 1 fully saturated rings. The van der Waals surface area contributed by atoms with E-state index in [1.807, 2.05) is 31.2 Å². The van der Waals surface area contributed by atoms with Gasteiger partial charge >= 0.3 is 0 Å². The fourth-order valence-corrected chi connectivity index (χ4v) is 3.67. The number of amides is 1. The van der Waals surface area contributed by atoms with Gasteiger partial charge in [-0.25, -0.2) is 0 Å². The van der Waals surface area contributed by atoms with E-state index in [0.717, 1.165) is 36.0 Å². The summed E-state index contributed by atoms with van der Waals surface area (Å²) in [6.07, 6.45) is 3.17. The van der Waals surface area contributed by atoms with Gasteiger partial charge in [-0.05, 0) is 62.9 Å². The first-order valence-electron chi connectivity index (χ1n) is 9.20. The third-order valence-corrected chi connectivity index (χ3v) is 5.14. The molecule has 2 heterocycles. The Labute approximate surface area is 148 Å². The van der Waals surface area contributed by atoms with E-state index in [1.54, 1.807) is 0 Å². The molecule has 3 rings (SSSR count). The predicted octanol–water partition coefficient (Wildman–Crippen LogP) is 2.37. The Kier molecular flexibility index (Phi) is 5.53. The molecule has 5 heteroatoms. The molecule has 1 aliphatic rings. The zero-order chi connectivity index (χ0) is 17.8. The minimum absolute atomic E-state index is 0.0201. The fourth-order valence-electron chi connectivity index (χ4n) is 3.67. The first-order valence-corrected chi connectivity index (χ1v) is 9.20. The number of hydrogen-bond donors (Lipinski definition) is 2. The molecule has 0 bridgehead atoms. The molecule has 0 radical (unpaired) electrons. The van der Waals surface area contributed by atoms with Gasteiger partial charge in [-0.3, -0.25) is 14.5 Å². The number of fused-ring (bicyclic) bond motifs is 1. The summed E-state index contributed by atoms with van der Waals surface area (Å²) in [6, 6.07) is 8.32. The average Bonchev–Trinajstić information content (AvgIpc) is 3.06. The molecule has 1 atom stereocenters. The number of likely N-dealkylation sites (N-methyl/N-ethyl adjacent to an activating group) is 1. The van der Waals surface area contributed by atoms with E-state index in [4.69, 9.17) is 0 Å². The van der Waals surface area contributed by atoms with Crippen molar-refractivity contribution in [3.05, 3.63) is 45.7 Å². The SMILES string of the molecule is CCN1CCC[C@@H]1CNC(=O)CCc1cc2cc(C)ccc2[nH]c1=O. The molecule has 5 nitrogen and oxygen atoms in total. The van der Waals surface area contributed by atoms with Crippen LogP contribution in [-0.4, -0.2) is 41.5 Å². The molecule has 1 aromatic heterocycles. The Bertz CT molecular complexity index is 812. The molecule has 0 aliphatic carbocycles. The van der Waals surface area contributed by atoms with Gasteiger partial charge < -0.3 is 10.3 Å². The van der Waals surface area contributed by atoms with Gasteiger partial charge in [0.25, 0.3) is 5.56 Å². The van der Waals surface area contributed by atoms with Crippen LogP contribution >= 0.6 is 0 Å². The zero-order valence-corrected chi connectivity index (χ0v) is 15.1. The van der Waals surface area contributed by atoms with Gasteiger partial charge in [-0.2, -0.15) is 0 Å². The third kappa shape index (κ3) is 4.28. The van der Waals surface area contributed by atoms with Crippen molar-refractivity contribution in [2.45, 2.75) is 45.6 Å². The van der Waals surface area contributed by atoms with E-state index in [2.05, 4.69) is 22.1 Å². The monoisotopic (exact) mass is 341 g/mol. The maximum Gasteiger partial charge on any atom is 0.251 e. The molecular formula is C20H27N3O2. The van der Waals surface area contributed by atoms with Crippen LogP contribution in [0.4, 0.5) is 0 Å². The number of hydrogen-bond acceptors (Lipinski definition) is 3. The normalized spacial score (nSPS) is 17.9. The Morgan fingerprint density at radius 2 is 2.20 bits per heavy atom. The smallest absolute Gasteiger partial charge is 0.251 e. The molecule has 2 N–H and O–H groups in total. The molecule has 1 aromatic carbocycles. The summed E-state index contributed by atoms with van der Waals surface area (Å²) in [7, 11) is 0. The largest absolute Gasteiger partial charge is 0.355 e. The number of rotatable bonds is 6. The summed E-state index contributed by atoms with van der Waals surface area (Å²) in [5.74, 6) is 0.0201. The Morgan fingerprint density at radius 3 is 3.00 bits per heavy atom. The van der Waals surface area contributed by atoms with Crippen LogP contribution in [0.1, 0.15) is 37.3 Å². The van der Waals surface area contributed by atoms with Crippen molar-refractivity contribution in [1.82, 2.24) is 15.2 Å². The van der Waals surface area contributed by atoms with Gasteiger partial charge in [-0.1, -0.05) is 18.6 Å². The van der Waals surface area contributed by atoms with E-state index in [1.165, 1.54) is 6.42 Å². The van der Waals surface area contributed by atoms with Crippen LogP contribution in [0.2, 0.25) is 0 Å². The van der Waals surface area contributed by atoms with Gasteiger partial charge in [0.1, 0.15) is 0 Å². The first kappa shape index (κ1) is 17.7. The molecule has 1 amide bonds. The lowest BCUT2D eigenvalue weighted by atomic mass is 10.1. The quantitative estimate of drug-likeness (QED) is 0.848. The second-order valence-corrected chi connectivity index (χ2v) is 6.94. The minimum atomic E-state index is -0.0999. The van der Waals surface area contributed by atoms with Gasteiger partial charge in [0.05, 0.1) is 0 Å². The maximum absolute atomic E-state index is 12.2. The lowest BCUT2D eigenvalue weighted by Gasteiger charge is -2.22.